The molecule has 0 radical (unpaired) electrons. The number of rotatable bonds is 7. The molecule has 1 aliphatic carbocycles. The van der Waals surface area contributed by atoms with Crippen molar-refractivity contribution in [3.8, 4) is 0 Å². The third-order valence-electron chi connectivity index (χ3n) is 5.48. The lowest BCUT2D eigenvalue weighted by molar-refractivity contribution is 0.254. The third kappa shape index (κ3) is 4.43. The van der Waals surface area contributed by atoms with Crippen molar-refractivity contribution in [2.24, 2.45) is 0 Å². The second-order valence-corrected chi connectivity index (χ2v) is 7.39. The summed E-state index contributed by atoms with van der Waals surface area (Å²) in [7, 11) is 2.20. The second kappa shape index (κ2) is 8.05. The van der Waals surface area contributed by atoms with E-state index in [1.807, 2.05) is 12.1 Å². The molecule has 3 atom stereocenters. The van der Waals surface area contributed by atoms with Crippen molar-refractivity contribution in [1.82, 2.24) is 15.5 Å². The zero-order valence-corrected chi connectivity index (χ0v) is 15.6. The van der Waals surface area contributed by atoms with E-state index in [1.165, 1.54) is 17.0 Å². The predicted molar refractivity (Wildman–Crippen MR) is 102 cm³/mol. The highest BCUT2D eigenvalue weighted by atomic mass is 19.1. The van der Waals surface area contributed by atoms with Gasteiger partial charge in [0, 0.05) is 24.7 Å². The first-order chi connectivity index (χ1) is 12.1. The van der Waals surface area contributed by atoms with Crippen molar-refractivity contribution in [2.45, 2.75) is 51.1 Å². The van der Waals surface area contributed by atoms with Gasteiger partial charge in [0.05, 0.1) is 11.7 Å². The first-order valence-corrected chi connectivity index (χ1v) is 9.43. The van der Waals surface area contributed by atoms with Gasteiger partial charge in [0.15, 0.2) is 0 Å². The molecule has 3 rings (SSSR count). The summed E-state index contributed by atoms with van der Waals surface area (Å²) in [5.41, 5.74) is 3.83. The van der Waals surface area contributed by atoms with Crippen LogP contribution in [0.25, 0.3) is 0 Å². The van der Waals surface area contributed by atoms with E-state index in [-0.39, 0.29) is 5.82 Å². The van der Waals surface area contributed by atoms with Gasteiger partial charge in [0.1, 0.15) is 5.82 Å². The zero-order chi connectivity index (χ0) is 17.8. The topological polar surface area (TPSA) is 27.3 Å². The minimum atomic E-state index is -0.157. The molecule has 2 N–H and O–H groups in total. The molecule has 0 bridgehead atoms. The minimum absolute atomic E-state index is 0.157. The molecular formula is C21H30FN3. The summed E-state index contributed by atoms with van der Waals surface area (Å²) in [4.78, 5) is 2.41. The molecule has 1 aliphatic heterocycles. The van der Waals surface area contributed by atoms with Crippen molar-refractivity contribution in [3.05, 3.63) is 59.2 Å². The molecule has 0 amide bonds. The Morgan fingerprint density at radius 2 is 2.00 bits per heavy atom. The summed E-state index contributed by atoms with van der Waals surface area (Å²) in [6.07, 6.45) is 7.58. The van der Waals surface area contributed by atoms with Gasteiger partial charge in [0.2, 0.25) is 0 Å². The maximum absolute atomic E-state index is 13.1. The van der Waals surface area contributed by atoms with Gasteiger partial charge >= 0.3 is 0 Å². The van der Waals surface area contributed by atoms with Crippen molar-refractivity contribution in [1.29, 1.82) is 0 Å². The van der Waals surface area contributed by atoms with Crippen LogP contribution in [0.15, 0.2) is 47.8 Å². The van der Waals surface area contributed by atoms with E-state index in [4.69, 9.17) is 0 Å². The summed E-state index contributed by atoms with van der Waals surface area (Å²) < 4.78 is 13.1. The van der Waals surface area contributed by atoms with Gasteiger partial charge in [-0.15, -0.1) is 0 Å². The van der Waals surface area contributed by atoms with Gasteiger partial charge in [-0.25, -0.2) is 4.39 Å². The number of allylic oxidation sites excluding steroid dienone is 2. The second-order valence-electron chi connectivity index (χ2n) is 7.39. The van der Waals surface area contributed by atoms with Gasteiger partial charge < -0.3 is 15.5 Å². The minimum Gasteiger partial charge on any atom is -0.380 e. The van der Waals surface area contributed by atoms with E-state index in [2.05, 4.69) is 48.6 Å². The van der Waals surface area contributed by atoms with Crippen LogP contribution in [0, 0.1) is 5.82 Å². The predicted octanol–water partition coefficient (Wildman–Crippen LogP) is 3.76. The van der Waals surface area contributed by atoms with E-state index < -0.39 is 0 Å². The average Bonchev–Trinajstić information content (AvgIpc) is 3.04. The fourth-order valence-corrected chi connectivity index (χ4v) is 3.82. The van der Waals surface area contributed by atoms with Crippen LogP contribution in [0.5, 0.6) is 0 Å². The van der Waals surface area contributed by atoms with Gasteiger partial charge in [-0.1, -0.05) is 25.1 Å². The standard InChI is InChI=1S/C21H30FN3/c1-4-16(17-8-10-18(22)11-9-17)12-13-25(3)14-21-15(2)23-19-6-5-7-20(19)24-21/h5-6,8-11,15-16,21,23-24H,4,7,12-14H2,1-3H3. The Hall–Kier alpha value is -1.81. The van der Waals surface area contributed by atoms with E-state index in [9.17, 15) is 4.39 Å². The average molecular weight is 343 g/mol. The zero-order valence-electron chi connectivity index (χ0n) is 15.6. The Kier molecular flexibility index (Phi) is 5.79. The van der Waals surface area contributed by atoms with E-state index in [0.29, 0.717) is 18.0 Å². The quantitative estimate of drug-likeness (QED) is 0.789. The third-order valence-corrected chi connectivity index (χ3v) is 5.48. The monoisotopic (exact) mass is 343 g/mol. The Bertz CT molecular complexity index is 635. The number of likely N-dealkylation sites (N-methyl/N-ethyl adjacent to an activating group) is 1. The number of hydrogen-bond acceptors (Lipinski definition) is 3. The lowest BCUT2D eigenvalue weighted by Crippen LogP contribution is -2.54. The van der Waals surface area contributed by atoms with Gasteiger partial charge in [0.25, 0.3) is 0 Å². The van der Waals surface area contributed by atoms with E-state index in [0.717, 1.165) is 32.4 Å². The smallest absolute Gasteiger partial charge is 0.123 e. The van der Waals surface area contributed by atoms with Crippen LogP contribution in [-0.2, 0) is 0 Å². The lowest BCUT2D eigenvalue weighted by atomic mass is 9.93. The maximum atomic E-state index is 13.1. The molecule has 0 fully saturated rings. The van der Waals surface area contributed by atoms with Crippen molar-refractivity contribution >= 4 is 0 Å². The number of nitrogens with zero attached hydrogens (tertiary/aromatic N) is 1. The molecule has 4 heteroatoms. The summed E-state index contributed by atoms with van der Waals surface area (Å²) in [6.45, 7) is 6.52. The van der Waals surface area contributed by atoms with Crippen LogP contribution in [0.1, 0.15) is 44.6 Å². The molecule has 3 nitrogen and oxygen atoms in total. The molecule has 0 aromatic heterocycles. The number of hydrogen-bond donors (Lipinski definition) is 2. The van der Waals surface area contributed by atoms with Crippen LogP contribution < -0.4 is 10.6 Å². The largest absolute Gasteiger partial charge is 0.380 e. The highest BCUT2D eigenvalue weighted by Gasteiger charge is 2.27. The first-order valence-electron chi connectivity index (χ1n) is 9.43. The molecule has 136 valence electrons. The summed E-state index contributed by atoms with van der Waals surface area (Å²) >= 11 is 0. The van der Waals surface area contributed by atoms with Gasteiger partial charge in [-0.05, 0) is 63.0 Å². The molecular weight excluding hydrogens is 313 g/mol. The van der Waals surface area contributed by atoms with Crippen LogP contribution >= 0.6 is 0 Å². The van der Waals surface area contributed by atoms with Gasteiger partial charge in [-0.3, -0.25) is 0 Å². The highest BCUT2D eigenvalue weighted by Crippen LogP contribution is 2.24. The first kappa shape index (κ1) is 18.0. The lowest BCUT2D eigenvalue weighted by Gasteiger charge is -2.36. The fourth-order valence-electron chi connectivity index (χ4n) is 3.82. The number of nitrogens with one attached hydrogen (secondary N) is 2. The Morgan fingerprint density at radius 3 is 2.72 bits per heavy atom. The SMILES string of the molecule is CCC(CCN(C)CC1NC2=C(C=CC2)NC1C)c1ccc(F)cc1. The molecule has 3 unspecified atom stereocenters. The Balaban J connectivity index is 1.50. The van der Waals surface area contributed by atoms with Crippen molar-refractivity contribution < 1.29 is 4.39 Å². The van der Waals surface area contributed by atoms with Crippen LogP contribution in [0.4, 0.5) is 4.39 Å². The maximum Gasteiger partial charge on any atom is 0.123 e. The number of halogens is 1. The van der Waals surface area contributed by atoms with Gasteiger partial charge in [-0.2, -0.15) is 0 Å². The van der Waals surface area contributed by atoms with Crippen molar-refractivity contribution in [2.75, 3.05) is 20.1 Å². The summed E-state index contributed by atoms with van der Waals surface area (Å²) in [6, 6.07) is 7.85. The highest BCUT2D eigenvalue weighted by molar-refractivity contribution is 5.34. The summed E-state index contributed by atoms with van der Waals surface area (Å²) in [5, 5.41) is 7.32. The van der Waals surface area contributed by atoms with Crippen LogP contribution in [0.3, 0.4) is 0 Å². The van der Waals surface area contributed by atoms with Crippen LogP contribution in [-0.4, -0.2) is 37.1 Å². The molecule has 0 saturated heterocycles. The normalized spacial score (nSPS) is 23.4. The molecule has 0 spiro atoms. The molecule has 1 heterocycles. The molecule has 1 aromatic carbocycles. The molecule has 0 saturated carbocycles. The fraction of sp³-hybridized carbons (Fsp3) is 0.524. The van der Waals surface area contributed by atoms with Crippen LogP contribution in [0.2, 0.25) is 0 Å². The molecule has 2 aliphatic rings. The van der Waals surface area contributed by atoms with Crippen molar-refractivity contribution in [3.63, 3.8) is 0 Å². The molecule has 1 aromatic rings. The Morgan fingerprint density at radius 1 is 1.24 bits per heavy atom. The summed E-state index contributed by atoms with van der Waals surface area (Å²) in [5.74, 6) is 0.335. The van der Waals surface area contributed by atoms with E-state index >= 15 is 0 Å². The van der Waals surface area contributed by atoms with E-state index in [1.54, 1.807) is 12.1 Å². The number of benzene rings is 1. The molecule has 25 heavy (non-hydrogen) atoms. The Labute approximate surface area is 151 Å².